The van der Waals surface area contributed by atoms with Gasteiger partial charge in [-0.1, -0.05) is 6.07 Å². The first kappa shape index (κ1) is 13.0. The molecule has 16 heavy (non-hydrogen) atoms. The van der Waals surface area contributed by atoms with Gasteiger partial charge in [0, 0.05) is 29.1 Å². The number of hydrogen-bond donors (Lipinski definition) is 2. The maximum Gasteiger partial charge on any atom is 0.251 e. The molecule has 0 aliphatic heterocycles. The molecule has 1 aromatic carbocycles. The van der Waals surface area contributed by atoms with Gasteiger partial charge in [-0.25, -0.2) is 0 Å². The normalized spacial score (nSPS) is 9.62. The second-order valence-corrected chi connectivity index (χ2v) is 4.44. The molecule has 0 saturated heterocycles. The van der Waals surface area contributed by atoms with Crippen molar-refractivity contribution in [3.63, 3.8) is 0 Å². The molecule has 5 heteroatoms. The van der Waals surface area contributed by atoms with Crippen molar-refractivity contribution in [3.05, 3.63) is 33.4 Å². The number of carbonyl (C=O) groups is 2. The fraction of sp³-hybridized carbons (Fsp3) is 0.273. The van der Waals surface area contributed by atoms with Gasteiger partial charge in [0.2, 0.25) is 5.91 Å². The molecule has 2 amide bonds. The fourth-order valence-corrected chi connectivity index (χ4v) is 1.69. The van der Waals surface area contributed by atoms with E-state index in [4.69, 9.17) is 0 Å². The zero-order valence-corrected chi connectivity index (χ0v) is 11.1. The topological polar surface area (TPSA) is 58.2 Å². The van der Waals surface area contributed by atoms with Crippen molar-refractivity contribution in [2.24, 2.45) is 0 Å². The average molecular weight is 332 g/mol. The smallest absolute Gasteiger partial charge is 0.251 e. The number of carbonyl (C=O) groups excluding carboxylic acids is 2. The highest BCUT2D eigenvalue weighted by molar-refractivity contribution is 14.1. The molecule has 1 rings (SSSR count). The maximum atomic E-state index is 11.6. The Morgan fingerprint density at radius 3 is 2.75 bits per heavy atom. The monoisotopic (exact) mass is 332 g/mol. The van der Waals surface area contributed by atoms with Crippen molar-refractivity contribution >= 4 is 34.4 Å². The van der Waals surface area contributed by atoms with Crippen LogP contribution >= 0.6 is 22.6 Å². The van der Waals surface area contributed by atoms with Gasteiger partial charge in [0.05, 0.1) is 0 Å². The van der Waals surface area contributed by atoms with Gasteiger partial charge in [-0.05, 0) is 40.8 Å². The summed E-state index contributed by atoms with van der Waals surface area (Å²) < 4.78 is 1.01. The van der Waals surface area contributed by atoms with Gasteiger partial charge in [-0.2, -0.15) is 0 Å². The number of nitrogens with one attached hydrogen (secondary N) is 2. The van der Waals surface area contributed by atoms with Crippen LogP contribution in [0.25, 0.3) is 0 Å². The van der Waals surface area contributed by atoms with E-state index in [1.807, 2.05) is 12.1 Å². The molecule has 0 aliphatic carbocycles. The van der Waals surface area contributed by atoms with Gasteiger partial charge in [-0.3, -0.25) is 9.59 Å². The summed E-state index contributed by atoms with van der Waals surface area (Å²) in [7, 11) is 1.57. The van der Waals surface area contributed by atoms with Gasteiger partial charge in [0.25, 0.3) is 5.91 Å². The van der Waals surface area contributed by atoms with Crippen molar-refractivity contribution in [1.29, 1.82) is 0 Å². The Kier molecular flexibility index (Phi) is 5.24. The van der Waals surface area contributed by atoms with Gasteiger partial charge in [0.1, 0.15) is 0 Å². The highest BCUT2D eigenvalue weighted by Gasteiger charge is 2.05. The van der Waals surface area contributed by atoms with Crippen LogP contribution in [-0.4, -0.2) is 25.4 Å². The number of halogens is 1. The number of benzene rings is 1. The molecule has 0 bridgehead atoms. The summed E-state index contributed by atoms with van der Waals surface area (Å²) in [4.78, 5) is 22.5. The van der Waals surface area contributed by atoms with Gasteiger partial charge >= 0.3 is 0 Å². The van der Waals surface area contributed by atoms with Crippen LogP contribution in [0.1, 0.15) is 16.8 Å². The Morgan fingerprint density at radius 2 is 2.12 bits per heavy atom. The summed E-state index contributed by atoms with van der Waals surface area (Å²) in [6.07, 6.45) is 0.298. The second-order valence-electron chi connectivity index (χ2n) is 3.19. The van der Waals surface area contributed by atoms with E-state index < -0.39 is 0 Å². The molecule has 0 spiro atoms. The van der Waals surface area contributed by atoms with Crippen molar-refractivity contribution in [1.82, 2.24) is 10.6 Å². The van der Waals surface area contributed by atoms with Gasteiger partial charge in [0.15, 0.2) is 0 Å². The minimum Gasteiger partial charge on any atom is -0.359 e. The zero-order chi connectivity index (χ0) is 12.0. The van der Waals surface area contributed by atoms with E-state index in [1.54, 1.807) is 19.2 Å². The molecule has 0 fully saturated rings. The molecule has 1 aromatic rings. The molecular formula is C11H13IN2O2. The Morgan fingerprint density at radius 1 is 1.38 bits per heavy atom. The summed E-state index contributed by atoms with van der Waals surface area (Å²) in [5, 5.41) is 5.18. The summed E-state index contributed by atoms with van der Waals surface area (Å²) in [5.74, 6) is -0.231. The standard InChI is InChI=1S/C11H13IN2O2/c1-13-10(15)5-6-14-11(16)8-3-2-4-9(12)7-8/h2-4,7H,5-6H2,1H3,(H,13,15)(H,14,16). The van der Waals surface area contributed by atoms with E-state index in [-0.39, 0.29) is 11.8 Å². The molecule has 0 heterocycles. The molecular weight excluding hydrogens is 319 g/mol. The summed E-state index contributed by atoms with van der Waals surface area (Å²) in [6.45, 7) is 0.351. The molecule has 86 valence electrons. The van der Waals surface area contributed by atoms with Crippen LogP contribution in [0.5, 0.6) is 0 Å². The third-order valence-corrected chi connectivity index (χ3v) is 2.67. The third-order valence-electron chi connectivity index (χ3n) is 2.00. The Hall–Kier alpha value is -1.11. The maximum absolute atomic E-state index is 11.6. The molecule has 2 N–H and O–H groups in total. The zero-order valence-electron chi connectivity index (χ0n) is 8.92. The van der Waals surface area contributed by atoms with E-state index in [1.165, 1.54) is 0 Å². The van der Waals surface area contributed by atoms with Crippen molar-refractivity contribution in [3.8, 4) is 0 Å². The van der Waals surface area contributed by atoms with Crippen LogP contribution in [0.2, 0.25) is 0 Å². The van der Waals surface area contributed by atoms with Crippen molar-refractivity contribution in [2.45, 2.75) is 6.42 Å². The van der Waals surface area contributed by atoms with Crippen molar-refractivity contribution in [2.75, 3.05) is 13.6 Å². The molecule has 0 radical (unpaired) electrons. The first-order chi connectivity index (χ1) is 7.63. The lowest BCUT2D eigenvalue weighted by molar-refractivity contribution is -0.120. The van der Waals surface area contributed by atoms with Crippen LogP contribution in [0.3, 0.4) is 0 Å². The van der Waals surface area contributed by atoms with E-state index in [2.05, 4.69) is 33.2 Å². The minimum absolute atomic E-state index is 0.0806. The first-order valence-electron chi connectivity index (χ1n) is 4.88. The van der Waals surface area contributed by atoms with E-state index in [9.17, 15) is 9.59 Å². The first-order valence-corrected chi connectivity index (χ1v) is 5.95. The highest BCUT2D eigenvalue weighted by atomic mass is 127. The second kappa shape index (κ2) is 6.47. The lowest BCUT2D eigenvalue weighted by atomic mass is 10.2. The minimum atomic E-state index is -0.151. The van der Waals surface area contributed by atoms with E-state index >= 15 is 0 Å². The third kappa shape index (κ3) is 4.18. The summed E-state index contributed by atoms with van der Waals surface area (Å²) in [6, 6.07) is 7.30. The quantitative estimate of drug-likeness (QED) is 0.813. The Bertz CT molecular complexity index is 393. The fourth-order valence-electron chi connectivity index (χ4n) is 1.15. The SMILES string of the molecule is CNC(=O)CCNC(=O)c1cccc(I)c1. The van der Waals surface area contributed by atoms with Gasteiger partial charge in [-0.15, -0.1) is 0 Å². The highest BCUT2D eigenvalue weighted by Crippen LogP contribution is 2.07. The predicted octanol–water partition coefficient (Wildman–Crippen LogP) is 1.16. The number of rotatable bonds is 4. The molecule has 0 aliphatic rings. The number of hydrogen-bond acceptors (Lipinski definition) is 2. The average Bonchev–Trinajstić information content (AvgIpc) is 2.28. The predicted molar refractivity (Wildman–Crippen MR) is 70.2 cm³/mol. The number of amides is 2. The lowest BCUT2D eigenvalue weighted by Crippen LogP contribution is -2.29. The van der Waals surface area contributed by atoms with E-state index in [0.29, 0.717) is 18.5 Å². The van der Waals surface area contributed by atoms with E-state index in [0.717, 1.165) is 3.57 Å². The molecule has 0 saturated carbocycles. The van der Waals surface area contributed by atoms with Crippen LogP contribution in [-0.2, 0) is 4.79 Å². The van der Waals surface area contributed by atoms with Crippen molar-refractivity contribution < 1.29 is 9.59 Å². The van der Waals surface area contributed by atoms with Crippen LogP contribution in [0.4, 0.5) is 0 Å². The largest absolute Gasteiger partial charge is 0.359 e. The summed E-state index contributed by atoms with van der Waals surface area (Å²) in [5.41, 5.74) is 0.615. The molecule has 4 nitrogen and oxygen atoms in total. The van der Waals surface area contributed by atoms with Crippen LogP contribution < -0.4 is 10.6 Å². The molecule has 0 atom stereocenters. The van der Waals surface area contributed by atoms with Gasteiger partial charge < -0.3 is 10.6 Å². The Balaban J connectivity index is 2.44. The molecule has 0 aromatic heterocycles. The summed E-state index contributed by atoms with van der Waals surface area (Å²) >= 11 is 2.15. The Labute approximate surface area is 108 Å². The van der Waals surface area contributed by atoms with Crippen LogP contribution in [0.15, 0.2) is 24.3 Å². The van der Waals surface area contributed by atoms with Crippen LogP contribution in [0, 0.1) is 3.57 Å². The lowest BCUT2D eigenvalue weighted by Gasteiger charge is -2.04. The molecule has 0 unspecified atom stereocenters.